The molecule has 0 aromatic heterocycles. The van der Waals surface area contributed by atoms with Crippen LogP contribution < -0.4 is 15.8 Å². The molecular formula is C23H36N4O6S. The molecule has 1 aliphatic carbocycles. The maximum absolute atomic E-state index is 13.3. The maximum Gasteiger partial charge on any atom is 0.405 e. The van der Waals surface area contributed by atoms with Gasteiger partial charge in [0, 0.05) is 12.5 Å². The summed E-state index contributed by atoms with van der Waals surface area (Å²) in [7, 11) is 0. The molecule has 3 aliphatic rings. The Labute approximate surface area is 203 Å². The molecule has 34 heavy (non-hydrogen) atoms. The lowest BCUT2D eigenvalue weighted by Gasteiger charge is -2.30. The highest BCUT2D eigenvalue weighted by Crippen LogP contribution is 2.45. The maximum atomic E-state index is 13.3. The van der Waals surface area contributed by atoms with E-state index in [1.165, 1.54) is 4.90 Å². The van der Waals surface area contributed by atoms with Crippen molar-refractivity contribution in [3.8, 4) is 0 Å². The number of nitrogens with zero attached hydrogens (tertiary/aromatic N) is 1. The van der Waals surface area contributed by atoms with Gasteiger partial charge < -0.3 is 25.2 Å². The van der Waals surface area contributed by atoms with Crippen molar-refractivity contribution in [1.29, 1.82) is 0 Å². The molecule has 0 aromatic rings. The van der Waals surface area contributed by atoms with Crippen molar-refractivity contribution in [1.82, 2.24) is 14.9 Å². The minimum absolute atomic E-state index is 0.213. The van der Waals surface area contributed by atoms with Crippen molar-refractivity contribution in [2.45, 2.75) is 94.6 Å². The number of amides is 4. The fourth-order valence-electron chi connectivity index (χ4n) is 4.50. The molecule has 0 bridgehead atoms. The van der Waals surface area contributed by atoms with Gasteiger partial charge in [-0.1, -0.05) is 18.6 Å². The van der Waals surface area contributed by atoms with E-state index in [4.69, 9.17) is 10.5 Å². The number of rotatable bonds is 3. The molecule has 2 aliphatic heterocycles. The van der Waals surface area contributed by atoms with Crippen LogP contribution in [0.4, 0.5) is 4.79 Å². The monoisotopic (exact) mass is 496 g/mol. The number of ether oxygens (including phenoxy) is 1. The fraction of sp³-hybridized carbons (Fsp3) is 0.739. The van der Waals surface area contributed by atoms with Crippen LogP contribution in [0.5, 0.6) is 0 Å². The van der Waals surface area contributed by atoms with Crippen molar-refractivity contribution in [3.05, 3.63) is 12.2 Å². The molecule has 2 fully saturated rings. The third kappa shape index (κ3) is 6.04. The number of carbonyl (C=O) groups excluding carboxylic acids is 4. The smallest absolute Gasteiger partial charge is 0.405 e. The highest BCUT2D eigenvalue weighted by Gasteiger charge is 2.62. The van der Waals surface area contributed by atoms with Gasteiger partial charge in [0.25, 0.3) is 11.8 Å². The molecule has 0 aromatic carbocycles. The molecule has 4 N–H and O–H groups in total. The Balaban J connectivity index is 1.84. The highest BCUT2D eigenvalue weighted by atomic mass is 32.2. The quantitative estimate of drug-likeness (QED) is 0.397. The van der Waals surface area contributed by atoms with E-state index in [0.717, 1.165) is 19.3 Å². The van der Waals surface area contributed by atoms with Gasteiger partial charge >= 0.3 is 6.09 Å². The van der Waals surface area contributed by atoms with Crippen LogP contribution in [0.15, 0.2) is 12.2 Å². The summed E-state index contributed by atoms with van der Waals surface area (Å²) in [4.78, 5) is 52.5. The second-order valence-corrected chi connectivity index (χ2v) is 12.2. The van der Waals surface area contributed by atoms with Crippen LogP contribution in [0.3, 0.4) is 0 Å². The molecule has 4 amide bonds. The van der Waals surface area contributed by atoms with Crippen molar-refractivity contribution >= 4 is 35.2 Å². The third-order valence-corrected chi connectivity index (χ3v) is 8.07. The Kier molecular flexibility index (Phi) is 8.18. The minimum Gasteiger partial charge on any atom is -0.593 e. The molecule has 1 saturated heterocycles. The largest absolute Gasteiger partial charge is 0.593 e. The number of carbonyl (C=O) groups is 4. The van der Waals surface area contributed by atoms with E-state index in [2.05, 4.69) is 10.0 Å². The van der Waals surface area contributed by atoms with E-state index in [9.17, 15) is 23.7 Å². The van der Waals surface area contributed by atoms with Gasteiger partial charge in [0.2, 0.25) is 5.91 Å². The zero-order valence-corrected chi connectivity index (χ0v) is 20.9. The first kappa shape index (κ1) is 26.3. The highest BCUT2D eigenvalue weighted by molar-refractivity contribution is 7.91. The fourth-order valence-corrected chi connectivity index (χ4v) is 5.16. The van der Waals surface area contributed by atoms with E-state index in [1.807, 2.05) is 12.2 Å². The van der Waals surface area contributed by atoms with E-state index in [0.29, 0.717) is 38.6 Å². The van der Waals surface area contributed by atoms with Crippen molar-refractivity contribution in [2.24, 2.45) is 11.7 Å². The van der Waals surface area contributed by atoms with Gasteiger partial charge in [-0.3, -0.25) is 14.4 Å². The lowest BCUT2D eigenvalue weighted by atomic mass is 10.1. The van der Waals surface area contributed by atoms with Gasteiger partial charge in [-0.2, -0.15) is 4.72 Å². The summed E-state index contributed by atoms with van der Waals surface area (Å²) in [6.07, 6.45) is 6.82. The van der Waals surface area contributed by atoms with Crippen LogP contribution in [0.25, 0.3) is 0 Å². The lowest BCUT2D eigenvalue weighted by molar-refractivity contribution is -0.146. The normalized spacial score (nSPS) is 32.2. The Morgan fingerprint density at radius 1 is 1.24 bits per heavy atom. The zero-order valence-electron chi connectivity index (χ0n) is 20.1. The summed E-state index contributed by atoms with van der Waals surface area (Å²) in [5.74, 6) is -1.58. The van der Waals surface area contributed by atoms with E-state index < -0.39 is 57.6 Å². The summed E-state index contributed by atoms with van der Waals surface area (Å²) in [6.45, 7) is 5.62. The van der Waals surface area contributed by atoms with Gasteiger partial charge in [-0.05, 0) is 65.7 Å². The van der Waals surface area contributed by atoms with Crippen LogP contribution in [-0.4, -0.2) is 62.2 Å². The van der Waals surface area contributed by atoms with E-state index in [1.54, 1.807) is 20.8 Å². The van der Waals surface area contributed by atoms with Gasteiger partial charge in [-0.25, -0.2) is 4.79 Å². The molecule has 4 unspecified atom stereocenters. The second kappa shape index (κ2) is 10.6. The first-order valence-corrected chi connectivity index (χ1v) is 13.1. The Morgan fingerprint density at radius 3 is 2.65 bits per heavy atom. The molecule has 1 saturated carbocycles. The third-order valence-electron chi connectivity index (χ3n) is 6.59. The van der Waals surface area contributed by atoms with E-state index >= 15 is 0 Å². The molecule has 3 rings (SSSR count). The van der Waals surface area contributed by atoms with Gasteiger partial charge in [0.05, 0.1) is 11.4 Å². The molecule has 2 heterocycles. The average molecular weight is 497 g/mol. The number of fused-ring (bicyclic) bond motifs is 2. The van der Waals surface area contributed by atoms with Crippen LogP contribution in [-0.2, 0) is 30.5 Å². The zero-order chi connectivity index (χ0) is 25.1. The van der Waals surface area contributed by atoms with Crippen LogP contribution in [0.2, 0.25) is 0 Å². The number of hydrogen-bond acceptors (Lipinski definition) is 6. The summed E-state index contributed by atoms with van der Waals surface area (Å²) < 4.78 is 19.6. The predicted molar refractivity (Wildman–Crippen MR) is 126 cm³/mol. The number of hydrogen-bond donors (Lipinski definition) is 3. The molecule has 11 heteroatoms. The summed E-state index contributed by atoms with van der Waals surface area (Å²) >= 11 is -1.63. The first-order chi connectivity index (χ1) is 16.0. The molecule has 10 nitrogen and oxygen atoms in total. The number of allylic oxidation sites excluding steroid dienone is 1. The number of primary amides is 1. The van der Waals surface area contributed by atoms with Crippen LogP contribution in [0, 0.1) is 5.92 Å². The Morgan fingerprint density at radius 2 is 1.97 bits per heavy atom. The molecule has 5 atom stereocenters. The average Bonchev–Trinajstić information content (AvgIpc) is 3.21. The van der Waals surface area contributed by atoms with Crippen LogP contribution >= 0.6 is 0 Å². The minimum atomic E-state index is -1.63. The van der Waals surface area contributed by atoms with Gasteiger partial charge in [-0.15, -0.1) is 0 Å². The number of nitrogens with two attached hydrogens (primary N) is 1. The lowest BCUT2D eigenvalue weighted by Crippen LogP contribution is -2.58. The van der Waals surface area contributed by atoms with Gasteiger partial charge in [0.15, 0.2) is 6.10 Å². The number of nitrogens with one attached hydrogen (secondary N) is 2. The van der Waals surface area contributed by atoms with Gasteiger partial charge in [0.1, 0.15) is 16.3 Å². The summed E-state index contributed by atoms with van der Waals surface area (Å²) in [5.41, 5.74) is 3.99. The predicted octanol–water partition coefficient (Wildman–Crippen LogP) is 1.41. The standard InChI is InChI=1S/C23H36N4O6S/c1-22(2,3)34(32)26-20(30)23-14-15(23)10-7-5-4-6-8-12-17(33-21(24)31)19(29)27-13-9-11-16(27)18(28)25-23/h7,10,15-17H,4-6,8-9,11-14H2,1-3H3,(H2,24,31)(H,25,28)(H,26,30)/b10-7+/t15?,16?,17?,23-,34?/m1/s1. The van der Waals surface area contributed by atoms with E-state index in [-0.39, 0.29) is 5.92 Å². The Bertz CT molecular complexity index is 844. The van der Waals surface area contributed by atoms with Crippen molar-refractivity contribution < 1.29 is 28.5 Å². The first-order valence-electron chi connectivity index (χ1n) is 11.9. The summed E-state index contributed by atoms with van der Waals surface area (Å²) in [6, 6.07) is -0.778. The molecule has 190 valence electrons. The molecular weight excluding hydrogens is 460 g/mol. The van der Waals surface area contributed by atoms with Crippen molar-refractivity contribution in [2.75, 3.05) is 6.54 Å². The Hall–Kier alpha value is -2.27. The topological polar surface area (TPSA) is 154 Å². The SMILES string of the molecule is CC(C)(C)[S+]([O-])NC(=O)[C@@]12CC1/C=C/CCCCCC(OC(N)=O)C(=O)N1CCCC1C(=O)N2. The molecule has 0 spiro atoms. The van der Waals surface area contributed by atoms with Crippen LogP contribution in [0.1, 0.15) is 72.1 Å². The second-order valence-electron chi connectivity index (χ2n) is 10.3. The van der Waals surface area contributed by atoms with Crippen molar-refractivity contribution in [3.63, 3.8) is 0 Å². The summed E-state index contributed by atoms with van der Waals surface area (Å²) in [5, 5.41) is 2.88. The molecule has 0 radical (unpaired) electrons.